The Morgan fingerprint density at radius 2 is 2.31 bits per heavy atom. The van der Waals surface area contributed by atoms with Crippen molar-refractivity contribution in [1.29, 1.82) is 0 Å². The van der Waals surface area contributed by atoms with Crippen molar-refractivity contribution in [3.63, 3.8) is 0 Å². The SMILES string of the molecule is CC(C)(C)C(=O)OC[C@@H]1CC=CO1. The summed E-state index contributed by atoms with van der Waals surface area (Å²) in [4.78, 5) is 11.3. The molecule has 0 saturated carbocycles. The van der Waals surface area contributed by atoms with Gasteiger partial charge in [-0.05, 0) is 26.8 Å². The summed E-state index contributed by atoms with van der Waals surface area (Å²) in [5.74, 6) is -0.178. The zero-order valence-electron chi connectivity index (χ0n) is 8.37. The topological polar surface area (TPSA) is 35.5 Å². The highest BCUT2D eigenvalue weighted by Crippen LogP contribution is 2.16. The van der Waals surface area contributed by atoms with Crippen LogP contribution in [0.25, 0.3) is 0 Å². The van der Waals surface area contributed by atoms with Crippen LogP contribution in [0.15, 0.2) is 12.3 Å². The summed E-state index contributed by atoms with van der Waals surface area (Å²) >= 11 is 0. The lowest BCUT2D eigenvalue weighted by Gasteiger charge is -2.18. The Kier molecular flexibility index (Phi) is 2.96. The zero-order chi connectivity index (χ0) is 9.90. The molecular formula is C10H16O3. The van der Waals surface area contributed by atoms with E-state index in [1.54, 1.807) is 6.26 Å². The number of rotatable bonds is 2. The Morgan fingerprint density at radius 3 is 2.77 bits per heavy atom. The third kappa shape index (κ3) is 3.09. The number of ether oxygens (including phenoxy) is 2. The van der Waals surface area contributed by atoms with Crippen LogP contribution in [0.4, 0.5) is 0 Å². The van der Waals surface area contributed by atoms with E-state index in [9.17, 15) is 4.79 Å². The van der Waals surface area contributed by atoms with Gasteiger partial charge in [0, 0.05) is 6.42 Å². The fourth-order valence-corrected chi connectivity index (χ4v) is 0.922. The first kappa shape index (κ1) is 10.1. The number of hydrogen-bond acceptors (Lipinski definition) is 3. The fourth-order valence-electron chi connectivity index (χ4n) is 0.922. The van der Waals surface area contributed by atoms with Crippen LogP contribution in [-0.4, -0.2) is 18.7 Å². The van der Waals surface area contributed by atoms with E-state index in [1.807, 2.05) is 26.8 Å². The minimum absolute atomic E-state index is 0.0197. The molecule has 0 spiro atoms. The quantitative estimate of drug-likeness (QED) is 0.615. The van der Waals surface area contributed by atoms with E-state index in [2.05, 4.69) is 0 Å². The van der Waals surface area contributed by atoms with E-state index in [0.29, 0.717) is 6.61 Å². The summed E-state index contributed by atoms with van der Waals surface area (Å²) < 4.78 is 10.2. The highest BCUT2D eigenvalue weighted by molar-refractivity contribution is 5.75. The number of carbonyl (C=O) groups excluding carboxylic acids is 1. The molecule has 1 aliphatic heterocycles. The van der Waals surface area contributed by atoms with Crippen molar-refractivity contribution in [3.8, 4) is 0 Å². The minimum atomic E-state index is -0.425. The maximum atomic E-state index is 11.3. The maximum absolute atomic E-state index is 11.3. The smallest absolute Gasteiger partial charge is 0.311 e. The lowest BCUT2D eigenvalue weighted by molar-refractivity contribution is -0.155. The van der Waals surface area contributed by atoms with Crippen LogP contribution in [0.2, 0.25) is 0 Å². The van der Waals surface area contributed by atoms with Gasteiger partial charge in [-0.2, -0.15) is 0 Å². The Bertz CT molecular complexity index is 205. The van der Waals surface area contributed by atoms with Gasteiger partial charge in [0.15, 0.2) is 0 Å². The molecule has 0 aliphatic carbocycles. The monoisotopic (exact) mass is 184 g/mol. The first-order valence-electron chi connectivity index (χ1n) is 4.48. The van der Waals surface area contributed by atoms with Gasteiger partial charge in [0.25, 0.3) is 0 Å². The van der Waals surface area contributed by atoms with Gasteiger partial charge >= 0.3 is 5.97 Å². The third-order valence-electron chi connectivity index (χ3n) is 1.78. The van der Waals surface area contributed by atoms with E-state index >= 15 is 0 Å². The third-order valence-corrected chi connectivity index (χ3v) is 1.78. The van der Waals surface area contributed by atoms with Crippen LogP contribution in [0.1, 0.15) is 27.2 Å². The fraction of sp³-hybridized carbons (Fsp3) is 0.700. The summed E-state index contributed by atoms with van der Waals surface area (Å²) in [5.41, 5.74) is -0.425. The molecule has 0 aromatic rings. The largest absolute Gasteiger partial charge is 0.494 e. The Hall–Kier alpha value is -0.990. The molecule has 1 atom stereocenters. The van der Waals surface area contributed by atoms with Gasteiger partial charge in [0.05, 0.1) is 11.7 Å². The van der Waals surface area contributed by atoms with Crippen molar-refractivity contribution in [2.75, 3.05) is 6.61 Å². The first-order valence-corrected chi connectivity index (χ1v) is 4.48. The number of hydrogen-bond donors (Lipinski definition) is 0. The van der Waals surface area contributed by atoms with Gasteiger partial charge in [-0.25, -0.2) is 0 Å². The second-order valence-electron chi connectivity index (χ2n) is 4.21. The van der Waals surface area contributed by atoms with Crippen LogP contribution >= 0.6 is 0 Å². The normalized spacial score (nSPS) is 21.3. The average molecular weight is 184 g/mol. The summed E-state index contributed by atoms with van der Waals surface area (Å²) in [6.07, 6.45) is 4.43. The summed E-state index contributed by atoms with van der Waals surface area (Å²) in [6.45, 7) is 5.86. The van der Waals surface area contributed by atoms with E-state index in [1.165, 1.54) is 0 Å². The molecule has 0 radical (unpaired) electrons. The zero-order valence-corrected chi connectivity index (χ0v) is 8.37. The molecule has 3 nitrogen and oxygen atoms in total. The summed E-state index contributed by atoms with van der Waals surface area (Å²) in [7, 11) is 0. The van der Waals surface area contributed by atoms with Crippen molar-refractivity contribution < 1.29 is 14.3 Å². The number of esters is 1. The van der Waals surface area contributed by atoms with Gasteiger partial charge in [-0.1, -0.05) is 0 Å². The predicted octanol–water partition coefficient (Wildman–Crippen LogP) is 1.88. The van der Waals surface area contributed by atoms with Gasteiger partial charge < -0.3 is 9.47 Å². The van der Waals surface area contributed by atoms with Gasteiger partial charge in [-0.3, -0.25) is 4.79 Å². The standard InChI is InChI=1S/C10H16O3/c1-10(2,3)9(11)13-7-8-5-4-6-12-8/h4,6,8H,5,7H2,1-3H3/t8-/m0/s1. The molecule has 0 N–H and O–H groups in total. The predicted molar refractivity (Wildman–Crippen MR) is 49.0 cm³/mol. The molecule has 1 rings (SSSR count). The molecule has 0 fully saturated rings. The summed E-state index contributed by atoms with van der Waals surface area (Å²) in [5, 5.41) is 0. The van der Waals surface area contributed by atoms with Crippen LogP contribution in [-0.2, 0) is 14.3 Å². The Balaban J connectivity index is 2.22. The van der Waals surface area contributed by atoms with E-state index in [4.69, 9.17) is 9.47 Å². The highest BCUT2D eigenvalue weighted by Gasteiger charge is 2.24. The molecule has 0 aromatic heterocycles. The van der Waals surface area contributed by atoms with Crippen molar-refractivity contribution in [2.24, 2.45) is 5.41 Å². The second-order valence-corrected chi connectivity index (χ2v) is 4.21. The van der Waals surface area contributed by atoms with Gasteiger partial charge in [0.1, 0.15) is 12.7 Å². The minimum Gasteiger partial charge on any atom is -0.494 e. The molecule has 3 heteroatoms. The molecule has 1 heterocycles. The Labute approximate surface area is 78.7 Å². The molecule has 13 heavy (non-hydrogen) atoms. The summed E-state index contributed by atoms with van der Waals surface area (Å²) in [6, 6.07) is 0. The van der Waals surface area contributed by atoms with E-state index < -0.39 is 5.41 Å². The molecular weight excluding hydrogens is 168 g/mol. The molecule has 0 amide bonds. The van der Waals surface area contributed by atoms with Crippen LogP contribution < -0.4 is 0 Å². The van der Waals surface area contributed by atoms with Crippen molar-refractivity contribution in [1.82, 2.24) is 0 Å². The lowest BCUT2D eigenvalue weighted by Crippen LogP contribution is -2.26. The number of carbonyl (C=O) groups is 1. The highest BCUT2D eigenvalue weighted by atomic mass is 16.6. The molecule has 1 aliphatic rings. The average Bonchev–Trinajstić information content (AvgIpc) is 2.50. The van der Waals surface area contributed by atoms with E-state index in [0.717, 1.165) is 6.42 Å². The molecule has 0 aromatic carbocycles. The first-order chi connectivity index (χ1) is 6.00. The van der Waals surface area contributed by atoms with Crippen molar-refractivity contribution in [3.05, 3.63) is 12.3 Å². The molecule has 0 bridgehead atoms. The van der Waals surface area contributed by atoms with Crippen LogP contribution in [0, 0.1) is 5.41 Å². The van der Waals surface area contributed by atoms with Crippen molar-refractivity contribution in [2.45, 2.75) is 33.3 Å². The van der Waals surface area contributed by atoms with Gasteiger partial charge in [-0.15, -0.1) is 0 Å². The maximum Gasteiger partial charge on any atom is 0.311 e. The molecule has 0 unspecified atom stereocenters. The van der Waals surface area contributed by atoms with Crippen LogP contribution in [0.3, 0.4) is 0 Å². The second kappa shape index (κ2) is 3.81. The van der Waals surface area contributed by atoms with E-state index in [-0.39, 0.29) is 12.1 Å². The van der Waals surface area contributed by atoms with Gasteiger partial charge in [0.2, 0.25) is 0 Å². The Morgan fingerprint density at radius 1 is 1.62 bits per heavy atom. The molecule has 0 saturated heterocycles. The lowest BCUT2D eigenvalue weighted by atomic mass is 9.97. The van der Waals surface area contributed by atoms with Crippen molar-refractivity contribution >= 4 is 5.97 Å². The molecule has 74 valence electrons. The van der Waals surface area contributed by atoms with Crippen LogP contribution in [0.5, 0.6) is 0 Å².